The highest BCUT2D eigenvalue weighted by Crippen LogP contribution is 2.65. The van der Waals surface area contributed by atoms with Gasteiger partial charge >= 0.3 is 0 Å². The maximum atomic E-state index is 7.05. The molecule has 0 saturated heterocycles. The molecule has 0 saturated carbocycles. The number of nitrogens with zero attached hydrogens (tertiary/aromatic N) is 1. The van der Waals surface area contributed by atoms with Gasteiger partial charge in [-0.25, -0.2) is 0 Å². The van der Waals surface area contributed by atoms with Crippen molar-refractivity contribution in [3.05, 3.63) is 280 Å². The van der Waals surface area contributed by atoms with Crippen molar-refractivity contribution in [2.45, 2.75) is 57.8 Å². The van der Waals surface area contributed by atoms with E-state index in [4.69, 9.17) is 8.83 Å². The van der Waals surface area contributed by atoms with Crippen LogP contribution in [-0.2, 0) is 16.2 Å². The number of hydrogen-bond donors (Lipinski definition) is 0. The van der Waals surface area contributed by atoms with Gasteiger partial charge in [-0.05, 0) is 146 Å². The normalized spacial score (nSPS) is 14.8. The van der Waals surface area contributed by atoms with Crippen molar-refractivity contribution in [3.63, 3.8) is 0 Å². The first-order chi connectivity index (χ1) is 38.0. The molecule has 3 nitrogen and oxygen atoms in total. The molecule has 0 fully saturated rings. The van der Waals surface area contributed by atoms with E-state index in [1.54, 1.807) is 0 Å². The molecule has 16 rings (SSSR count). The van der Waals surface area contributed by atoms with E-state index < -0.39 is 5.41 Å². The van der Waals surface area contributed by atoms with E-state index in [1.807, 2.05) is 0 Å². The summed E-state index contributed by atoms with van der Waals surface area (Å²) in [5.41, 5.74) is 28.3. The number of aryl methyl sites for hydroxylation is 2. The van der Waals surface area contributed by atoms with E-state index in [-0.39, 0.29) is 10.8 Å². The van der Waals surface area contributed by atoms with Gasteiger partial charge in [0.1, 0.15) is 22.3 Å². The Bertz CT molecular complexity index is 4650. The molecule has 3 aliphatic rings. The van der Waals surface area contributed by atoms with Crippen LogP contribution in [0.3, 0.4) is 0 Å². The maximum Gasteiger partial charge on any atom is 0.144 e. The van der Waals surface area contributed by atoms with Gasteiger partial charge in [0.15, 0.2) is 0 Å². The van der Waals surface area contributed by atoms with Gasteiger partial charge in [-0.15, -0.1) is 0 Å². The second kappa shape index (κ2) is 15.9. The van der Waals surface area contributed by atoms with Crippen LogP contribution >= 0.6 is 0 Å². The van der Waals surface area contributed by atoms with Gasteiger partial charge in [-0.1, -0.05) is 209 Å². The topological polar surface area (TPSA) is 29.5 Å². The van der Waals surface area contributed by atoms with Gasteiger partial charge in [0.25, 0.3) is 0 Å². The average molecular weight is 1000 g/mol. The van der Waals surface area contributed by atoms with Crippen molar-refractivity contribution in [2.24, 2.45) is 0 Å². The second-order valence-electron chi connectivity index (χ2n) is 23.2. The molecule has 0 N–H and O–H groups in total. The lowest BCUT2D eigenvalue weighted by Gasteiger charge is -2.35. The van der Waals surface area contributed by atoms with Crippen LogP contribution in [-0.4, -0.2) is 0 Å². The van der Waals surface area contributed by atoms with E-state index in [0.717, 1.165) is 66.7 Å². The van der Waals surface area contributed by atoms with Crippen LogP contribution in [0.2, 0.25) is 0 Å². The van der Waals surface area contributed by atoms with Crippen molar-refractivity contribution in [3.8, 4) is 44.5 Å². The minimum atomic E-state index is -0.710. The third-order valence-corrected chi connectivity index (χ3v) is 18.2. The molecule has 372 valence electrons. The maximum absolute atomic E-state index is 7.05. The number of para-hydroxylation sites is 2. The largest absolute Gasteiger partial charge is 0.455 e. The van der Waals surface area contributed by atoms with Crippen LogP contribution in [0.1, 0.15) is 83.3 Å². The lowest BCUT2D eigenvalue weighted by atomic mass is 9.67. The highest BCUT2D eigenvalue weighted by molar-refractivity contribution is 6.22. The first-order valence-corrected chi connectivity index (χ1v) is 27.5. The van der Waals surface area contributed by atoms with Crippen LogP contribution in [0.5, 0.6) is 0 Å². The number of fused-ring (bicyclic) bond motifs is 19. The average Bonchev–Trinajstić information content (AvgIpc) is 2.44. The summed E-state index contributed by atoms with van der Waals surface area (Å²) in [6.07, 6.45) is 0. The molecule has 2 heterocycles. The summed E-state index contributed by atoms with van der Waals surface area (Å²) in [5, 5.41) is 4.64. The highest BCUT2D eigenvalue weighted by atomic mass is 16.3. The molecule has 2 aromatic heterocycles. The standard InChI is InChI=1S/C75H55NO2/c1-44-34-39-61(45(2)40-44)76(49-35-37-52-58(41-49)74(5,6)69-65(52)67-55-30-18-21-33-63(55)78-72(67)68-51-28-16-19-31-57(51)73(3,4)70(68)69)50-36-38-53-59(42-50)75(47-24-12-8-13-25-47,48-26-14-9-15-27-48)60-43-56(46-22-10-7-11-23-46)71-66(64(53)60)54-29-17-20-32-62(54)77-71/h7-43H,1-6H3. The van der Waals surface area contributed by atoms with Gasteiger partial charge in [-0.2, -0.15) is 0 Å². The third-order valence-electron chi connectivity index (χ3n) is 18.2. The highest BCUT2D eigenvalue weighted by Gasteiger charge is 2.50. The first-order valence-electron chi connectivity index (χ1n) is 27.5. The number of rotatable bonds is 6. The predicted molar refractivity (Wildman–Crippen MR) is 323 cm³/mol. The zero-order chi connectivity index (χ0) is 52.4. The minimum absolute atomic E-state index is 0.251. The Morgan fingerprint density at radius 2 is 0.885 bits per heavy atom. The smallest absolute Gasteiger partial charge is 0.144 e. The summed E-state index contributed by atoms with van der Waals surface area (Å²) in [6.45, 7) is 14.2. The fraction of sp³-hybridized carbons (Fsp3) is 0.120. The molecule has 3 heteroatoms. The van der Waals surface area contributed by atoms with E-state index in [9.17, 15) is 0 Å². The SMILES string of the molecule is Cc1ccc(N(c2ccc3c(c2)C(C)(C)c2c4c(c5oc6ccccc6c5c2-3)-c2ccccc2C4(C)C)c2ccc3c(c2)C(c2ccccc2)(c2ccccc2)c2cc(-c4ccccc4)c4oc5ccccc5c4c2-3)c(C)c1. The molecule has 0 bridgehead atoms. The van der Waals surface area contributed by atoms with Crippen LogP contribution in [0, 0.1) is 13.8 Å². The zero-order valence-corrected chi connectivity index (χ0v) is 44.6. The summed E-state index contributed by atoms with van der Waals surface area (Å²) in [4.78, 5) is 2.53. The van der Waals surface area contributed by atoms with E-state index in [1.165, 1.54) is 94.4 Å². The number of hydrogen-bond acceptors (Lipinski definition) is 3. The van der Waals surface area contributed by atoms with Crippen molar-refractivity contribution in [1.82, 2.24) is 0 Å². The second-order valence-corrected chi connectivity index (χ2v) is 23.2. The lowest BCUT2D eigenvalue weighted by molar-refractivity contribution is 0.600. The fourth-order valence-corrected chi connectivity index (χ4v) is 15.0. The van der Waals surface area contributed by atoms with Crippen molar-refractivity contribution in [1.29, 1.82) is 0 Å². The molecule has 0 amide bonds. The summed E-state index contributed by atoms with van der Waals surface area (Å²) >= 11 is 0. The molecule has 3 aliphatic carbocycles. The van der Waals surface area contributed by atoms with Crippen LogP contribution in [0.15, 0.2) is 233 Å². The molecule has 0 radical (unpaired) electrons. The number of furan rings is 2. The third kappa shape index (κ3) is 5.83. The molecule has 0 aliphatic heterocycles. The predicted octanol–water partition coefficient (Wildman–Crippen LogP) is 20.2. The van der Waals surface area contributed by atoms with Gasteiger partial charge in [0, 0.05) is 60.6 Å². The fourth-order valence-electron chi connectivity index (χ4n) is 15.0. The van der Waals surface area contributed by atoms with E-state index in [2.05, 4.69) is 271 Å². The Morgan fingerprint density at radius 1 is 0.372 bits per heavy atom. The summed E-state index contributed by atoms with van der Waals surface area (Å²) in [5.74, 6) is 0. The first kappa shape index (κ1) is 45.1. The number of benzene rings is 11. The van der Waals surface area contributed by atoms with Gasteiger partial charge in [-0.3, -0.25) is 0 Å². The van der Waals surface area contributed by atoms with E-state index in [0.29, 0.717) is 0 Å². The van der Waals surface area contributed by atoms with Crippen molar-refractivity contribution < 1.29 is 8.83 Å². The Kier molecular flexibility index (Phi) is 9.21. The molecule has 0 unspecified atom stereocenters. The van der Waals surface area contributed by atoms with Gasteiger partial charge in [0.2, 0.25) is 0 Å². The van der Waals surface area contributed by atoms with Gasteiger partial charge < -0.3 is 13.7 Å². The zero-order valence-electron chi connectivity index (χ0n) is 44.6. The lowest BCUT2D eigenvalue weighted by Crippen LogP contribution is -2.29. The van der Waals surface area contributed by atoms with Crippen molar-refractivity contribution >= 4 is 60.9 Å². The van der Waals surface area contributed by atoms with Crippen LogP contribution in [0.25, 0.3) is 88.4 Å². The van der Waals surface area contributed by atoms with Crippen molar-refractivity contribution in [2.75, 3.05) is 4.90 Å². The molecule has 13 aromatic rings. The van der Waals surface area contributed by atoms with Crippen LogP contribution < -0.4 is 4.90 Å². The Balaban J connectivity index is 0.982. The Morgan fingerprint density at radius 3 is 1.54 bits per heavy atom. The monoisotopic (exact) mass is 1000 g/mol. The number of anilines is 3. The minimum Gasteiger partial charge on any atom is -0.455 e. The molecular weight excluding hydrogens is 947 g/mol. The quantitative estimate of drug-likeness (QED) is 0.166. The molecule has 78 heavy (non-hydrogen) atoms. The molecule has 0 spiro atoms. The summed E-state index contributed by atoms with van der Waals surface area (Å²) in [7, 11) is 0. The van der Waals surface area contributed by atoms with Crippen LogP contribution in [0.4, 0.5) is 17.1 Å². The molecule has 11 aromatic carbocycles. The van der Waals surface area contributed by atoms with Gasteiger partial charge in [0.05, 0.1) is 5.41 Å². The molecular formula is C75H55NO2. The van der Waals surface area contributed by atoms with E-state index >= 15 is 0 Å². The Labute approximate surface area is 454 Å². The molecule has 0 atom stereocenters. The Hall–Kier alpha value is -9.18. The summed E-state index contributed by atoms with van der Waals surface area (Å²) in [6, 6.07) is 83.4. The summed E-state index contributed by atoms with van der Waals surface area (Å²) < 4.78 is 14.1.